The van der Waals surface area contributed by atoms with Crippen LogP contribution in [0.25, 0.3) is 6.08 Å². The van der Waals surface area contributed by atoms with E-state index in [-0.39, 0.29) is 11.8 Å². The van der Waals surface area contributed by atoms with Gasteiger partial charge in [0, 0.05) is 31.5 Å². The molecule has 25 heavy (non-hydrogen) atoms. The molecule has 0 aliphatic carbocycles. The summed E-state index contributed by atoms with van der Waals surface area (Å²) < 4.78 is 5.68. The molecule has 0 aliphatic rings. The van der Waals surface area contributed by atoms with Gasteiger partial charge in [-0.05, 0) is 30.7 Å². The van der Waals surface area contributed by atoms with Crippen molar-refractivity contribution in [2.75, 3.05) is 13.1 Å². The lowest BCUT2D eigenvalue weighted by atomic mass is 10.2. The largest absolute Gasteiger partial charge is 0.487 e. The Bertz CT molecular complexity index is 738. The molecule has 2 aromatic rings. The highest BCUT2D eigenvalue weighted by molar-refractivity contribution is 7.09. The zero-order valence-corrected chi connectivity index (χ0v) is 15.1. The summed E-state index contributed by atoms with van der Waals surface area (Å²) in [6.07, 6.45) is 3.18. The minimum absolute atomic E-state index is 0.114. The van der Waals surface area contributed by atoms with Gasteiger partial charge in [0.05, 0.1) is 10.7 Å². The summed E-state index contributed by atoms with van der Waals surface area (Å²) in [5, 5.41) is 8.31. The van der Waals surface area contributed by atoms with Crippen LogP contribution in [0.2, 0.25) is 0 Å². The molecule has 0 bridgehead atoms. The zero-order valence-electron chi connectivity index (χ0n) is 14.2. The van der Waals surface area contributed by atoms with Crippen LogP contribution in [-0.2, 0) is 16.2 Å². The number of aryl methyl sites for hydroxylation is 1. The summed E-state index contributed by atoms with van der Waals surface area (Å²) in [6.45, 7) is 4.65. The number of carbonyl (C=O) groups excluding carboxylic acids is 2. The first-order chi connectivity index (χ1) is 12.0. The second kappa shape index (κ2) is 9.58. The molecule has 1 aromatic carbocycles. The zero-order chi connectivity index (χ0) is 18.1. The highest BCUT2D eigenvalue weighted by Crippen LogP contribution is 2.16. The van der Waals surface area contributed by atoms with Crippen LogP contribution in [0.15, 0.2) is 35.7 Å². The number of benzene rings is 1. The van der Waals surface area contributed by atoms with E-state index in [1.54, 1.807) is 17.4 Å². The van der Waals surface area contributed by atoms with E-state index in [4.69, 9.17) is 4.74 Å². The van der Waals surface area contributed by atoms with Gasteiger partial charge in [0.15, 0.2) is 0 Å². The predicted octanol–water partition coefficient (Wildman–Crippen LogP) is 2.30. The smallest absolute Gasteiger partial charge is 0.244 e. The molecule has 0 saturated carbocycles. The van der Waals surface area contributed by atoms with Gasteiger partial charge in [-0.2, -0.15) is 0 Å². The van der Waals surface area contributed by atoms with Gasteiger partial charge in [-0.25, -0.2) is 4.98 Å². The van der Waals surface area contributed by atoms with E-state index in [0.29, 0.717) is 19.7 Å². The molecular weight excluding hydrogens is 338 g/mol. The van der Waals surface area contributed by atoms with E-state index in [0.717, 1.165) is 22.0 Å². The van der Waals surface area contributed by atoms with Gasteiger partial charge in [-0.15, -0.1) is 11.3 Å². The number of hydrogen-bond acceptors (Lipinski definition) is 5. The fraction of sp³-hybridized carbons (Fsp3) is 0.278. The molecule has 1 aromatic heterocycles. The van der Waals surface area contributed by atoms with Crippen molar-refractivity contribution in [3.05, 3.63) is 52.0 Å². The average Bonchev–Trinajstić information content (AvgIpc) is 3.01. The van der Waals surface area contributed by atoms with Crippen molar-refractivity contribution in [3.63, 3.8) is 0 Å². The van der Waals surface area contributed by atoms with E-state index in [1.165, 1.54) is 13.0 Å². The Balaban J connectivity index is 1.75. The minimum atomic E-state index is -0.204. The number of hydrogen-bond donors (Lipinski definition) is 2. The van der Waals surface area contributed by atoms with Gasteiger partial charge >= 0.3 is 0 Å². The molecule has 0 radical (unpaired) electrons. The molecule has 0 fully saturated rings. The number of nitrogens with zero attached hydrogens (tertiary/aromatic N) is 1. The molecule has 0 saturated heterocycles. The van der Waals surface area contributed by atoms with Gasteiger partial charge in [0.2, 0.25) is 11.8 Å². The lowest BCUT2D eigenvalue weighted by Crippen LogP contribution is -2.32. The van der Waals surface area contributed by atoms with Crippen molar-refractivity contribution in [1.29, 1.82) is 0 Å². The topological polar surface area (TPSA) is 80.3 Å². The average molecular weight is 359 g/mol. The molecule has 6 nitrogen and oxygen atoms in total. The SMILES string of the molecule is CC(=O)NCCNC(=O)/C=C/c1ccc(OCc2csc(C)n2)cc1. The van der Waals surface area contributed by atoms with Crippen LogP contribution >= 0.6 is 11.3 Å². The second-order valence-corrected chi connectivity index (χ2v) is 6.39. The Hall–Kier alpha value is -2.67. The standard InChI is InChI=1S/C18H21N3O3S/c1-13(22)19-9-10-20-18(23)8-5-15-3-6-17(7-4-15)24-11-16-12-25-14(2)21-16/h3-8,12H,9-11H2,1-2H3,(H,19,22)(H,20,23)/b8-5+. The van der Waals surface area contributed by atoms with Gasteiger partial charge in [-0.1, -0.05) is 12.1 Å². The maximum Gasteiger partial charge on any atom is 0.244 e. The maximum absolute atomic E-state index is 11.6. The number of aromatic nitrogens is 1. The Labute approximate surface area is 150 Å². The van der Waals surface area contributed by atoms with Crippen LogP contribution in [0.1, 0.15) is 23.2 Å². The Morgan fingerprint density at radius 3 is 2.56 bits per heavy atom. The molecule has 1 heterocycles. The molecule has 2 amide bonds. The van der Waals surface area contributed by atoms with Crippen LogP contribution in [-0.4, -0.2) is 29.9 Å². The van der Waals surface area contributed by atoms with Crippen LogP contribution in [0, 0.1) is 6.92 Å². The number of carbonyl (C=O) groups is 2. The molecule has 0 unspecified atom stereocenters. The minimum Gasteiger partial charge on any atom is -0.487 e. The van der Waals surface area contributed by atoms with Crippen LogP contribution in [0.4, 0.5) is 0 Å². The Morgan fingerprint density at radius 1 is 1.20 bits per heavy atom. The Morgan fingerprint density at radius 2 is 1.92 bits per heavy atom. The van der Waals surface area contributed by atoms with Crippen molar-refractivity contribution in [3.8, 4) is 5.75 Å². The van der Waals surface area contributed by atoms with Gasteiger partial charge in [0.1, 0.15) is 12.4 Å². The molecule has 7 heteroatoms. The summed E-state index contributed by atoms with van der Waals surface area (Å²) in [5.74, 6) is 0.434. The lowest BCUT2D eigenvalue weighted by molar-refractivity contribution is -0.119. The molecule has 0 aliphatic heterocycles. The van der Waals surface area contributed by atoms with E-state index in [2.05, 4.69) is 15.6 Å². The molecular formula is C18H21N3O3S. The fourth-order valence-electron chi connectivity index (χ4n) is 1.96. The summed E-state index contributed by atoms with van der Waals surface area (Å²) in [6, 6.07) is 7.46. The quantitative estimate of drug-likeness (QED) is 0.560. The highest BCUT2D eigenvalue weighted by atomic mass is 32.1. The fourth-order valence-corrected chi connectivity index (χ4v) is 2.56. The number of thiazole rings is 1. The highest BCUT2D eigenvalue weighted by Gasteiger charge is 2.00. The molecule has 0 spiro atoms. The van der Waals surface area contributed by atoms with E-state index in [1.807, 2.05) is 36.6 Å². The molecule has 2 N–H and O–H groups in total. The van der Waals surface area contributed by atoms with Crippen molar-refractivity contribution in [1.82, 2.24) is 15.6 Å². The molecule has 2 rings (SSSR count). The first-order valence-electron chi connectivity index (χ1n) is 7.87. The lowest BCUT2D eigenvalue weighted by Gasteiger charge is -2.04. The van der Waals surface area contributed by atoms with Gasteiger partial charge in [-0.3, -0.25) is 9.59 Å². The third kappa shape index (κ3) is 7.17. The number of nitrogens with one attached hydrogen (secondary N) is 2. The van der Waals surface area contributed by atoms with E-state index >= 15 is 0 Å². The normalized spacial score (nSPS) is 10.6. The summed E-state index contributed by atoms with van der Waals surface area (Å²) in [5.41, 5.74) is 1.82. The van der Waals surface area contributed by atoms with Crippen LogP contribution < -0.4 is 15.4 Å². The summed E-state index contributed by atoms with van der Waals surface area (Å²) in [7, 11) is 0. The number of amides is 2. The van der Waals surface area contributed by atoms with Gasteiger partial charge in [0.25, 0.3) is 0 Å². The number of rotatable bonds is 8. The van der Waals surface area contributed by atoms with Crippen molar-refractivity contribution < 1.29 is 14.3 Å². The van der Waals surface area contributed by atoms with E-state index < -0.39 is 0 Å². The maximum atomic E-state index is 11.6. The predicted molar refractivity (Wildman–Crippen MR) is 98.4 cm³/mol. The van der Waals surface area contributed by atoms with Crippen LogP contribution in [0.3, 0.4) is 0 Å². The number of ether oxygens (including phenoxy) is 1. The van der Waals surface area contributed by atoms with Crippen LogP contribution in [0.5, 0.6) is 5.75 Å². The third-order valence-electron chi connectivity index (χ3n) is 3.16. The van der Waals surface area contributed by atoms with E-state index in [9.17, 15) is 9.59 Å². The summed E-state index contributed by atoms with van der Waals surface area (Å²) >= 11 is 1.60. The first-order valence-corrected chi connectivity index (χ1v) is 8.75. The van der Waals surface area contributed by atoms with Crippen molar-refractivity contribution >= 4 is 29.2 Å². The molecule has 0 atom stereocenters. The van der Waals surface area contributed by atoms with Gasteiger partial charge < -0.3 is 15.4 Å². The Kier molecular flexibility index (Phi) is 7.16. The first kappa shape index (κ1) is 18.7. The summed E-state index contributed by atoms with van der Waals surface area (Å²) in [4.78, 5) is 26.7. The third-order valence-corrected chi connectivity index (χ3v) is 3.98. The van der Waals surface area contributed by atoms with Crippen molar-refractivity contribution in [2.45, 2.75) is 20.5 Å². The second-order valence-electron chi connectivity index (χ2n) is 5.32. The monoisotopic (exact) mass is 359 g/mol. The molecule has 132 valence electrons. The van der Waals surface area contributed by atoms with Crippen molar-refractivity contribution in [2.24, 2.45) is 0 Å².